The van der Waals surface area contributed by atoms with Crippen LogP contribution < -0.4 is 0 Å². The Morgan fingerprint density at radius 3 is 3.00 bits per heavy atom. The fraction of sp³-hybridized carbons (Fsp3) is 0.357. The summed E-state index contributed by atoms with van der Waals surface area (Å²) >= 11 is 1.45. The van der Waals surface area contributed by atoms with Gasteiger partial charge in [0.15, 0.2) is 0 Å². The van der Waals surface area contributed by atoms with Crippen LogP contribution in [0.1, 0.15) is 35.1 Å². The summed E-state index contributed by atoms with van der Waals surface area (Å²) in [7, 11) is 0. The number of hydrogen-bond acceptors (Lipinski definition) is 5. The molecule has 0 saturated carbocycles. The van der Waals surface area contributed by atoms with Gasteiger partial charge in [0.2, 0.25) is 0 Å². The van der Waals surface area contributed by atoms with Gasteiger partial charge in [-0.2, -0.15) is 0 Å². The van der Waals surface area contributed by atoms with E-state index in [4.69, 9.17) is 0 Å². The third-order valence-corrected chi connectivity index (χ3v) is 4.82. The number of non-ortho nitro benzene ring substituents is 1. The molecule has 1 aliphatic carbocycles. The minimum absolute atomic E-state index is 0.0688. The van der Waals surface area contributed by atoms with Crippen LogP contribution in [0.3, 0.4) is 0 Å². The normalized spacial score (nSPS) is 17.8. The fourth-order valence-corrected chi connectivity index (χ4v) is 3.68. The van der Waals surface area contributed by atoms with Crippen molar-refractivity contribution >= 4 is 17.0 Å². The van der Waals surface area contributed by atoms with Gasteiger partial charge in [-0.05, 0) is 31.7 Å². The summed E-state index contributed by atoms with van der Waals surface area (Å²) in [6.45, 7) is 1.91. The second-order valence-electron chi connectivity index (χ2n) is 4.99. The van der Waals surface area contributed by atoms with Crippen molar-refractivity contribution in [3.05, 3.63) is 44.4 Å². The Morgan fingerprint density at radius 2 is 2.30 bits per heavy atom. The highest BCUT2D eigenvalue weighted by molar-refractivity contribution is 7.15. The van der Waals surface area contributed by atoms with Crippen LogP contribution in [-0.4, -0.2) is 15.0 Å². The Kier molecular flexibility index (Phi) is 3.27. The third kappa shape index (κ3) is 2.21. The molecule has 1 N–H and O–H groups in total. The Hall–Kier alpha value is -1.79. The van der Waals surface area contributed by atoms with Crippen LogP contribution in [0.2, 0.25) is 0 Å². The van der Waals surface area contributed by atoms with E-state index in [9.17, 15) is 15.2 Å². The van der Waals surface area contributed by atoms with Gasteiger partial charge in [-0.15, -0.1) is 11.3 Å². The van der Waals surface area contributed by atoms with Gasteiger partial charge in [-0.25, -0.2) is 4.98 Å². The largest absolute Gasteiger partial charge is 0.388 e. The van der Waals surface area contributed by atoms with Gasteiger partial charge in [0.1, 0.15) is 5.01 Å². The number of nitrogens with zero attached hydrogens (tertiary/aromatic N) is 2. The molecule has 3 rings (SSSR count). The predicted molar refractivity (Wildman–Crippen MR) is 76.8 cm³/mol. The Labute approximate surface area is 120 Å². The molecule has 0 saturated heterocycles. The molecule has 1 atom stereocenters. The van der Waals surface area contributed by atoms with E-state index >= 15 is 0 Å². The summed E-state index contributed by atoms with van der Waals surface area (Å²) < 4.78 is 0. The van der Waals surface area contributed by atoms with Crippen molar-refractivity contribution in [1.82, 2.24) is 4.98 Å². The van der Waals surface area contributed by atoms with Crippen molar-refractivity contribution in [1.29, 1.82) is 0 Å². The number of benzene rings is 1. The summed E-state index contributed by atoms with van der Waals surface area (Å²) in [5.41, 5.74) is 2.75. The van der Waals surface area contributed by atoms with Gasteiger partial charge in [-0.1, -0.05) is 6.07 Å². The maximum atomic E-state index is 10.9. The molecule has 0 spiro atoms. The van der Waals surface area contributed by atoms with E-state index in [1.807, 2.05) is 6.92 Å². The standard InChI is InChI=1S/C14H14N2O3S/c1-8-5-6-9(16(18)19)7-10(8)14-15-11-3-2-4-12(17)13(11)20-14/h5-7,12,17H,2-4H2,1H3. The smallest absolute Gasteiger partial charge is 0.270 e. The zero-order valence-electron chi connectivity index (χ0n) is 11.0. The van der Waals surface area contributed by atoms with E-state index in [0.29, 0.717) is 0 Å². The summed E-state index contributed by atoms with van der Waals surface area (Å²) in [5, 5.41) is 21.6. The first-order chi connectivity index (χ1) is 9.56. The second-order valence-corrected chi connectivity index (χ2v) is 6.02. The van der Waals surface area contributed by atoms with Crippen LogP contribution in [-0.2, 0) is 6.42 Å². The number of aromatic nitrogens is 1. The maximum Gasteiger partial charge on any atom is 0.270 e. The highest BCUT2D eigenvalue weighted by atomic mass is 32.1. The number of fused-ring (bicyclic) bond motifs is 1. The predicted octanol–water partition coefficient (Wildman–Crippen LogP) is 3.40. The molecule has 0 aliphatic heterocycles. The number of hydrogen-bond donors (Lipinski definition) is 1. The van der Waals surface area contributed by atoms with E-state index in [1.165, 1.54) is 17.4 Å². The van der Waals surface area contributed by atoms with Gasteiger partial charge in [0.25, 0.3) is 5.69 Å². The highest BCUT2D eigenvalue weighted by Crippen LogP contribution is 2.39. The zero-order chi connectivity index (χ0) is 14.3. The van der Waals surface area contributed by atoms with E-state index in [-0.39, 0.29) is 5.69 Å². The number of nitro benzene ring substituents is 1. The first-order valence-electron chi connectivity index (χ1n) is 6.49. The summed E-state index contributed by atoms with van der Waals surface area (Å²) in [4.78, 5) is 16.0. The topological polar surface area (TPSA) is 76.3 Å². The van der Waals surface area contributed by atoms with Crippen molar-refractivity contribution < 1.29 is 10.0 Å². The molecule has 104 valence electrons. The minimum atomic E-state index is -0.441. The Morgan fingerprint density at radius 1 is 1.50 bits per heavy atom. The number of thiazole rings is 1. The maximum absolute atomic E-state index is 10.9. The van der Waals surface area contributed by atoms with E-state index in [0.717, 1.165) is 46.0 Å². The first-order valence-corrected chi connectivity index (χ1v) is 7.31. The third-order valence-electron chi connectivity index (χ3n) is 3.58. The minimum Gasteiger partial charge on any atom is -0.388 e. The molecule has 20 heavy (non-hydrogen) atoms. The summed E-state index contributed by atoms with van der Waals surface area (Å²) in [6, 6.07) is 4.80. The number of aryl methyl sites for hydroxylation is 2. The van der Waals surface area contributed by atoms with Gasteiger partial charge in [0.05, 0.1) is 21.6 Å². The van der Waals surface area contributed by atoms with Gasteiger partial charge in [0, 0.05) is 17.7 Å². The Bertz CT molecular complexity index is 681. The summed E-state index contributed by atoms with van der Waals surface area (Å²) in [5.74, 6) is 0. The molecule has 1 aliphatic rings. The second kappa shape index (κ2) is 4.96. The fourth-order valence-electron chi connectivity index (χ4n) is 2.47. The molecule has 5 nitrogen and oxygen atoms in total. The molecule has 0 radical (unpaired) electrons. The zero-order valence-corrected chi connectivity index (χ0v) is 11.8. The molecular weight excluding hydrogens is 276 g/mol. The molecule has 2 aromatic rings. The lowest BCUT2D eigenvalue weighted by Gasteiger charge is -2.14. The monoisotopic (exact) mass is 290 g/mol. The van der Waals surface area contributed by atoms with E-state index in [1.54, 1.807) is 12.1 Å². The number of aliphatic hydroxyl groups is 1. The number of aliphatic hydroxyl groups excluding tert-OH is 1. The van der Waals surface area contributed by atoms with Crippen LogP contribution in [0.5, 0.6) is 0 Å². The van der Waals surface area contributed by atoms with Crippen LogP contribution in [0.15, 0.2) is 18.2 Å². The summed E-state index contributed by atoms with van der Waals surface area (Å²) in [6.07, 6.45) is 2.13. The van der Waals surface area contributed by atoms with Crippen LogP contribution in [0.25, 0.3) is 10.6 Å². The molecular formula is C14H14N2O3S. The van der Waals surface area contributed by atoms with Crippen molar-refractivity contribution in [3.63, 3.8) is 0 Å². The number of nitro groups is 1. The van der Waals surface area contributed by atoms with Crippen molar-refractivity contribution in [2.45, 2.75) is 32.3 Å². The van der Waals surface area contributed by atoms with Crippen molar-refractivity contribution in [2.75, 3.05) is 0 Å². The molecule has 1 unspecified atom stereocenters. The van der Waals surface area contributed by atoms with Crippen LogP contribution >= 0.6 is 11.3 Å². The first kappa shape index (κ1) is 13.2. The average molecular weight is 290 g/mol. The SMILES string of the molecule is Cc1ccc([N+](=O)[O-])cc1-c1nc2c(s1)C(O)CCC2. The number of rotatable bonds is 2. The molecule has 0 fully saturated rings. The van der Waals surface area contributed by atoms with Crippen LogP contribution in [0, 0.1) is 17.0 Å². The molecule has 0 amide bonds. The van der Waals surface area contributed by atoms with Gasteiger partial charge in [-0.3, -0.25) is 10.1 Å². The lowest BCUT2D eigenvalue weighted by Crippen LogP contribution is -2.06. The van der Waals surface area contributed by atoms with Gasteiger partial charge < -0.3 is 5.11 Å². The highest BCUT2D eigenvalue weighted by Gasteiger charge is 2.24. The average Bonchev–Trinajstić information content (AvgIpc) is 2.84. The van der Waals surface area contributed by atoms with Crippen molar-refractivity contribution in [3.8, 4) is 10.6 Å². The van der Waals surface area contributed by atoms with Crippen molar-refractivity contribution in [2.24, 2.45) is 0 Å². The van der Waals surface area contributed by atoms with Crippen LogP contribution in [0.4, 0.5) is 5.69 Å². The molecule has 1 aromatic heterocycles. The lowest BCUT2D eigenvalue weighted by atomic mass is 10.0. The van der Waals surface area contributed by atoms with E-state index < -0.39 is 11.0 Å². The Balaban J connectivity index is 2.09. The lowest BCUT2D eigenvalue weighted by molar-refractivity contribution is -0.384. The van der Waals surface area contributed by atoms with Gasteiger partial charge >= 0.3 is 0 Å². The molecule has 1 aromatic carbocycles. The van der Waals surface area contributed by atoms with E-state index in [2.05, 4.69) is 4.98 Å². The molecule has 1 heterocycles. The molecule has 0 bridgehead atoms. The quantitative estimate of drug-likeness (QED) is 0.679. The molecule has 6 heteroatoms.